The molecule has 5 N–H and O–H groups in total. The summed E-state index contributed by atoms with van der Waals surface area (Å²) in [5.41, 5.74) is 6.20. The number of methoxy groups -OCH3 is 1. The van der Waals surface area contributed by atoms with Crippen molar-refractivity contribution in [2.24, 2.45) is 5.73 Å². The first-order valence-corrected chi connectivity index (χ1v) is 11.2. The van der Waals surface area contributed by atoms with Gasteiger partial charge in [-0.1, -0.05) is 54.6 Å². The number of nitrogens with one attached hydrogen (secondary N) is 2. The van der Waals surface area contributed by atoms with Crippen LogP contribution in [-0.2, 0) is 27.3 Å². The predicted octanol–water partition coefficient (Wildman–Crippen LogP) is 1.76. The van der Waals surface area contributed by atoms with Crippen molar-refractivity contribution in [1.82, 2.24) is 10.2 Å². The van der Waals surface area contributed by atoms with Crippen LogP contribution in [0.1, 0.15) is 36.0 Å². The van der Waals surface area contributed by atoms with Crippen LogP contribution in [0.3, 0.4) is 0 Å². The van der Waals surface area contributed by atoms with E-state index in [1.807, 2.05) is 30.3 Å². The molecule has 4 rings (SSSR count). The Bertz CT molecular complexity index is 1030. The highest BCUT2D eigenvalue weighted by Crippen LogP contribution is 2.39. The number of benzene rings is 2. The van der Waals surface area contributed by atoms with E-state index < -0.39 is 17.6 Å². The summed E-state index contributed by atoms with van der Waals surface area (Å²) in [6, 6.07) is 15.6. The fourth-order valence-electron chi connectivity index (χ4n) is 4.98. The van der Waals surface area contributed by atoms with Crippen LogP contribution in [0.2, 0.25) is 0 Å². The third-order valence-corrected chi connectivity index (χ3v) is 6.71. The van der Waals surface area contributed by atoms with Crippen LogP contribution in [0, 0.1) is 5.41 Å². The summed E-state index contributed by atoms with van der Waals surface area (Å²) >= 11 is 0. The predicted molar refractivity (Wildman–Crippen MR) is 131 cm³/mol. The molecule has 2 saturated heterocycles. The van der Waals surface area contributed by atoms with Crippen molar-refractivity contribution in [2.45, 2.75) is 56.0 Å². The van der Waals surface area contributed by atoms with E-state index >= 15 is 0 Å². The highest BCUT2D eigenvalue weighted by molar-refractivity contribution is 5.95. The van der Waals surface area contributed by atoms with Gasteiger partial charge < -0.3 is 25.8 Å². The molecule has 34 heavy (non-hydrogen) atoms. The zero-order chi connectivity index (χ0) is 23.6. The monoisotopic (exact) mass is 486 g/mol. The highest BCUT2D eigenvalue weighted by Gasteiger charge is 2.56. The second kappa shape index (κ2) is 10.5. The molecule has 0 aliphatic carbocycles. The maximum absolute atomic E-state index is 13.5. The Balaban J connectivity index is 0.00000324. The van der Waals surface area contributed by atoms with E-state index in [1.165, 1.54) is 0 Å². The van der Waals surface area contributed by atoms with Gasteiger partial charge in [0.1, 0.15) is 17.5 Å². The Morgan fingerprint density at radius 3 is 2.47 bits per heavy atom. The Kier molecular flexibility index (Phi) is 7.97. The smallest absolute Gasteiger partial charge is 0.256 e. The molecule has 0 saturated carbocycles. The second-order valence-electron chi connectivity index (χ2n) is 8.87. The van der Waals surface area contributed by atoms with Crippen molar-refractivity contribution in [3.05, 3.63) is 71.3 Å². The van der Waals surface area contributed by atoms with E-state index in [0.717, 1.165) is 11.1 Å². The molecule has 8 nitrogen and oxygen atoms in total. The summed E-state index contributed by atoms with van der Waals surface area (Å²) in [7, 11) is 1.58. The Hall–Kier alpha value is -2.94. The van der Waals surface area contributed by atoms with E-state index in [1.54, 1.807) is 36.3 Å². The van der Waals surface area contributed by atoms with Gasteiger partial charge in [-0.2, -0.15) is 0 Å². The summed E-state index contributed by atoms with van der Waals surface area (Å²) in [6.45, 7) is 0.294. The lowest BCUT2D eigenvalue weighted by atomic mass is 9.81. The van der Waals surface area contributed by atoms with Gasteiger partial charge in [0.25, 0.3) is 5.91 Å². The number of amidine groups is 1. The largest absolute Gasteiger partial charge is 0.384 e. The van der Waals surface area contributed by atoms with E-state index in [0.29, 0.717) is 24.9 Å². The quantitative estimate of drug-likeness (QED) is 0.350. The average Bonchev–Trinajstić information content (AvgIpc) is 3.26. The number of carbonyl (C=O) groups excluding carboxylic acids is 2. The van der Waals surface area contributed by atoms with Crippen LogP contribution >= 0.6 is 12.4 Å². The number of nitrogens with two attached hydrogens (primary N) is 1. The number of halogens is 1. The Labute approximate surface area is 205 Å². The number of rotatable bonds is 7. The topological polar surface area (TPSA) is 129 Å². The molecule has 2 aliphatic heterocycles. The average molecular weight is 487 g/mol. The summed E-state index contributed by atoms with van der Waals surface area (Å²) in [6.07, 6.45) is 1.21. The van der Waals surface area contributed by atoms with Crippen molar-refractivity contribution in [3.8, 4) is 0 Å². The van der Waals surface area contributed by atoms with Gasteiger partial charge in [-0.25, -0.2) is 0 Å². The van der Waals surface area contributed by atoms with Crippen molar-refractivity contribution < 1.29 is 19.4 Å². The number of carbonyl (C=O) groups is 2. The van der Waals surface area contributed by atoms with Crippen molar-refractivity contribution >= 4 is 30.1 Å². The lowest BCUT2D eigenvalue weighted by molar-refractivity contribution is -0.175. The molecule has 182 valence electrons. The first-order valence-electron chi connectivity index (χ1n) is 11.2. The van der Waals surface area contributed by atoms with Crippen LogP contribution in [0.5, 0.6) is 0 Å². The van der Waals surface area contributed by atoms with Gasteiger partial charge in [0, 0.05) is 32.1 Å². The zero-order valence-electron chi connectivity index (χ0n) is 19.1. The van der Waals surface area contributed by atoms with E-state index in [-0.39, 0.29) is 49.1 Å². The number of aliphatic hydroxyl groups is 1. The van der Waals surface area contributed by atoms with Gasteiger partial charge in [0.15, 0.2) is 0 Å². The molecule has 2 aromatic carbocycles. The van der Waals surface area contributed by atoms with E-state index in [9.17, 15) is 14.7 Å². The molecule has 0 bridgehead atoms. The molecular formula is C25H31ClN4O4. The van der Waals surface area contributed by atoms with Crippen molar-refractivity contribution in [2.75, 3.05) is 7.11 Å². The molecule has 2 amide bonds. The first-order chi connectivity index (χ1) is 15.8. The van der Waals surface area contributed by atoms with Crippen LogP contribution in [0.4, 0.5) is 0 Å². The Morgan fingerprint density at radius 1 is 1.18 bits per heavy atom. The van der Waals surface area contributed by atoms with Gasteiger partial charge in [0.05, 0.1) is 12.1 Å². The summed E-state index contributed by atoms with van der Waals surface area (Å²) < 4.78 is 5.66. The van der Waals surface area contributed by atoms with E-state index in [4.69, 9.17) is 15.9 Å². The normalized spacial score (nSPS) is 25.9. The van der Waals surface area contributed by atoms with Crippen molar-refractivity contribution in [1.29, 1.82) is 5.41 Å². The van der Waals surface area contributed by atoms with Crippen LogP contribution in [0.25, 0.3) is 0 Å². The number of hydrogen-bond donors (Lipinski definition) is 4. The van der Waals surface area contributed by atoms with Gasteiger partial charge in [-0.05, 0) is 24.0 Å². The SMILES string of the molecule is CO[C@H]1C[C@@](O)(Cc2ccccc2)C(=O)N2[C@H](C(=O)NCc3ccc(C(=N)N)cc3)CC[C@@H]12.Cl. The van der Waals surface area contributed by atoms with Gasteiger partial charge in [0.2, 0.25) is 5.91 Å². The molecule has 0 spiro atoms. The Morgan fingerprint density at radius 2 is 1.85 bits per heavy atom. The van der Waals surface area contributed by atoms with Crippen LogP contribution < -0.4 is 11.1 Å². The molecule has 2 heterocycles. The minimum Gasteiger partial charge on any atom is -0.384 e. The molecule has 2 aliphatic rings. The highest BCUT2D eigenvalue weighted by atomic mass is 35.5. The third kappa shape index (κ3) is 5.09. The first kappa shape index (κ1) is 25.7. The van der Waals surface area contributed by atoms with Crippen LogP contribution in [-0.4, -0.2) is 58.6 Å². The molecule has 2 fully saturated rings. The number of fused-ring (bicyclic) bond motifs is 1. The molecule has 0 radical (unpaired) electrons. The van der Waals surface area contributed by atoms with Gasteiger partial charge in [-0.15, -0.1) is 12.4 Å². The zero-order valence-corrected chi connectivity index (χ0v) is 19.9. The lowest BCUT2D eigenvalue weighted by Crippen LogP contribution is -2.65. The number of nitrogens with zero attached hydrogens (tertiary/aromatic N) is 1. The van der Waals surface area contributed by atoms with Gasteiger partial charge >= 0.3 is 0 Å². The number of piperidine rings is 1. The fourth-order valence-corrected chi connectivity index (χ4v) is 4.98. The number of amides is 2. The minimum atomic E-state index is -1.62. The summed E-state index contributed by atoms with van der Waals surface area (Å²) in [4.78, 5) is 28.1. The molecule has 2 aromatic rings. The fraction of sp³-hybridized carbons (Fsp3) is 0.400. The minimum absolute atomic E-state index is 0. The maximum Gasteiger partial charge on any atom is 0.256 e. The lowest BCUT2D eigenvalue weighted by Gasteiger charge is -2.46. The van der Waals surface area contributed by atoms with Crippen molar-refractivity contribution in [3.63, 3.8) is 0 Å². The third-order valence-electron chi connectivity index (χ3n) is 6.71. The second-order valence-corrected chi connectivity index (χ2v) is 8.87. The summed E-state index contributed by atoms with van der Waals surface area (Å²) in [5, 5.41) is 21.8. The number of ether oxygens (including phenoxy) is 1. The number of hydrogen-bond acceptors (Lipinski definition) is 5. The summed E-state index contributed by atoms with van der Waals surface area (Å²) in [5.74, 6) is -0.671. The van der Waals surface area contributed by atoms with E-state index in [2.05, 4.69) is 5.32 Å². The number of nitrogen functional groups attached to an aromatic ring is 1. The molecule has 4 atom stereocenters. The van der Waals surface area contributed by atoms with Gasteiger partial charge in [-0.3, -0.25) is 15.0 Å². The molecule has 0 aromatic heterocycles. The standard InChI is InChI=1S/C25H30N4O4.ClH/c1-33-21-14-25(32,13-16-5-3-2-4-6-16)24(31)29-19(21)11-12-20(29)23(30)28-15-17-7-9-18(10-8-17)22(26)27;/h2-10,19-21,32H,11-15H2,1H3,(H3,26,27)(H,28,30);1H/t19-,20-,21-,25-;/m0./s1. The molecular weight excluding hydrogens is 456 g/mol. The van der Waals surface area contributed by atoms with Crippen LogP contribution in [0.15, 0.2) is 54.6 Å². The molecule has 9 heteroatoms. The molecule has 0 unspecified atom stereocenters. The maximum atomic E-state index is 13.5.